The van der Waals surface area contributed by atoms with Gasteiger partial charge in [0.2, 0.25) is 11.8 Å². The van der Waals surface area contributed by atoms with Crippen molar-refractivity contribution >= 4 is 23.2 Å². The number of hydrazine groups is 1. The van der Waals surface area contributed by atoms with E-state index in [1.54, 1.807) is 12.1 Å². The number of carbonyl (C=O) groups excluding carboxylic acids is 2. The summed E-state index contributed by atoms with van der Waals surface area (Å²) in [7, 11) is 0. The maximum atomic E-state index is 13.1. The Hall–Kier alpha value is -2.97. The minimum Gasteiger partial charge on any atom is -0.370 e. The van der Waals surface area contributed by atoms with Gasteiger partial charge in [0, 0.05) is 49.5 Å². The van der Waals surface area contributed by atoms with E-state index in [1.165, 1.54) is 12.1 Å². The zero-order valence-electron chi connectivity index (χ0n) is 18.6. The molecule has 2 atom stereocenters. The Morgan fingerprint density at radius 3 is 2.39 bits per heavy atom. The van der Waals surface area contributed by atoms with Gasteiger partial charge in [0.25, 0.3) is 0 Å². The van der Waals surface area contributed by atoms with Gasteiger partial charge in [-0.25, -0.2) is 15.2 Å². The maximum Gasteiger partial charge on any atom is 0.242 e. The van der Waals surface area contributed by atoms with Crippen LogP contribution < -0.4 is 21.1 Å². The van der Waals surface area contributed by atoms with E-state index in [0.29, 0.717) is 12.3 Å². The molecular formula is C25H30FN5O2. The topological polar surface area (TPSA) is 76.7 Å². The number of halogens is 1. The first kappa shape index (κ1) is 21.9. The smallest absolute Gasteiger partial charge is 0.242 e. The van der Waals surface area contributed by atoms with Gasteiger partial charge in [-0.1, -0.05) is 12.1 Å². The average Bonchev–Trinajstić information content (AvgIpc) is 3.61. The second kappa shape index (κ2) is 9.49. The van der Waals surface area contributed by atoms with Crippen molar-refractivity contribution in [2.45, 2.75) is 37.8 Å². The molecular weight excluding hydrogens is 421 g/mol. The molecule has 3 aliphatic rings. The van der Waals surface area contributed by atoms with Gasteiger partial charge in [-0.05, 0) is 67.6 Å². The summed E-state index contributed by atoms with van der Waals surface area (Å²) in [6, 6.07) is 13.8. The Kier molecular flexibility index (Phi) is 6.28. The Morgan fingerprint density at radius 1 is 0.909 bits per heavy atom. The lowest BCUT2D eigenvalue weighted by Crippen LogP contribution is -2.39. The number of anilines is 2. The van der Waals surface area contributed by atoms with Crippen LogP contribution in [0.4, 0.5) is 15.8 Å². The van der Waals surface area contributed by atoms with Crippen molar-refractivity contribution in [3.63, 3.8) is 0 Å². The molecule has 2 saturated heterocycles. The zero-order chi connectivity index (χ0) is 22.8. The molecule has 2 amide bonds. The molecule has 0 bridgehead atoms. The van der Waals surface area contributed by atoms with Crippen LogP contribution in [0.1, 0.15) is 37.3 Å². The van der Waals surface area contributed by atoms with Crippen LogP contribution in [0, 0.1) is 11.7 Å². The van der Waals surface area contributed by atoms with Gasteiger partial charge < -0.3 is 15.1 Å². The van der Waals surface area contributed by atoms with Gasteiger partial charge in [0.15, 0.2) is 0 Å². The van der Waals surface area contributed by atoms with Crippen molar-refractivity contribution in [2.75, 3.05) is 36.4 Å². The van der Waals surface area contributed by atoms with E-state index in [2.05, 4.69) is 21.1 Å². The fraction of sp³-hybridized carbons (Fsp3) is 0.440. The minimum absolute atomic E-state index is 0.0434. The van der Waals surface area contributed by atoms with Crippen molar-refractivity contribution in [2.24, 2.45) is 5.92 Å². The first-order valence-electron chi connectivity index (χ1n) is 11.8. The quantitative estimate of drug-likeness (QED) is 0.652. The van der Waals surface area contributed by atoms with Crippen molar-refractivity contribution in [3.05, 3.63) is 59.9 Å². The molecule has 0 radical (unpaired) electrons. The molecule has 2 aliphatic heterocycles. The zero-order valence-corrected chi connectivity index (χ0v) is 18.6. The van der Waals surface area contributed by atoms with Gasteiger partial charge in [-0.15, -0.1) is 0 Å². The number of rotatable bonds is 5. The molecule has 2 aromatic carbocycles. The summed E-state index contributed by atoms with van der Waals surface area (Å²) in [6.45, 7) is 3.35. The molecule has 3 fully saturated rings. The maximum absolute atomic E-state index is 13.1. The number of nitrogens with zero attached hydrogens (tertiary/aromatic N) is 2. The minimum atomic E-state index is -0.375. The molecule has 33 heavy (non-hydrogen) atoms. The predicted molar refractivity (Wildman–Crippen MR) is 125 cm³/mol. The number of amides is 2. The number of carbonyl (C=O) groups is 2. The highest BCUT2D eigenvalue weighted by atomic mass is 19.1. The molecule has 7 nitrogen and oxygen atoms in total. The first-order valence-corrected chi connectivity index (χ1v) is 11.8. The third-order valence-electron chi connectivity index (χ3n) is 6.73. The van der Waals surface area contributed by atoms with Gasteiger partial charge in [-0.2, -0.15) is 0 Å². The lowest BCUT2D eigenvalue weighted by molar-refractivity contribution is -0.132. The van der Waals surface area contributed by atoms with E-state index in [4.69, 9.17) is 0 Å². The highest BCUT2D eigenvalue weighted by molar-refractivity contribution is 5.95. The van der Waals surface area contributed by atoms with Crippen LogP contribution in [0.2, 0.25) is 0 Å². The van der Waals surface area contributed by atoms with Crippen LogP contribution in [0.25, 0.3) is 0 Å². The third-order valence-corrected chi connectivity index (χ3v) is 6.73. The molecule has 8 heteroatoms. The Balaban J connectivity index is 1.13. The van der Waals surface area contributed by atoms with Crippen molar-refractivity contribution in [1.82, 2.24) is 15.8 Å². The molecule has 5 rings (SSSR count). The van der Waals surface area contributed by atoms with Crippen LogP contribution >= 0.6 is 0 Å². The van der Waals surface area contributed by atoms with Crippen LogP contribution in [0.5, 0.6) is 0 Å². The monoisotopic (exact) mass is 451 g/mol. The second-order valence-electron chi connectivity index (χ2n) is 9.16. The number of benzene rings is 2. The molecule has 1 aliphatic carbocycles. The lowest BCUT2D eigenvalue weighted by atomic mass is 10.0. The van der Waals surface area contributed by atoms with Gasteiger partial charge in [-0.3, -0.25) is 9.59 Å². The van der Waals surface area contributed by atoms with E-state index < -0.39 is 0 Å². The lowest BCUT2D eigenvalue weighted by Gasteiger charge is -2.24. The molecule has 2 heterocycles. The summed E-state index contributed by atoms with van der Waals surface area (Å²) in [4.78, 5) is 29.4. The summed E-state index contributed by atoms with van der Waals surface area (Å²) in [5.74, 6) is 0.220. The van der Waals surface area contributed by atoms with E-state index in [-0.39, 0.29) is 29.7 Å². The number of nitrogens with one attached hydrogen (secondary N) is 3. The molecule has 3 N–H and O–H groups in total. The number of hydrogen-bond donors (Lipinski definition) is 3. The fourth-order valence-corrected chi connectivity index (χ4v) is 4.61. The van der Waals surface area contributed by atoms with Crippen molar-refractivity contribution < 1.29 is 14.0 Å². The van der Waals surface area contributed by atoms with E-state index in [0.717, 1.165) is 62.4 Å². The van der Waals surface area contributed by atoms with Crippen LogP contribution in [0.3, 0.4) is 0 Å². The van der Waals surface area contributed by atoms with Gasteiger partial charge >= 0.3 is 0 Å². The molecule has 174 valence electrons. The molecule has 1 saturated carbocycles. The summed E-state index contributed by atoms with van der Waals surface area (Å²) in [5.41, 5.74) is 8.95. The second-order valence-corrected chi connectivity index (χ2v) is 9.16. The Labute approximate surface area is 193 Å². The largest absolute Gasteiger partial charge is 0.370 e. The summed E-state index contributed by atoms with van der Waals surface area (Å²) < 4.78 is 13.1. The normalized spacial score (nSPS) is 23.3. The SMILES string of the molecule is O=C(Nc1ccc(N2CCCN(C(=O)C3CC3)CC2)cc1)C1CC(c2ccc(F)cc2)NN1. The third kappa shape index (κ3) is 5.17. The highest BCUT2D eigenvalue weighted by Crippen LogP contribution is 2.31. The molecule has 0 aromatic heterocycles. The summed E-state index contributed by atoms with van der Waals surface area (Å²) >= 11 is 0. The average molecular weight is 452 g/mol. The van der Waals surface area contributed by atoms with Crippen LogP contribution in [0.15, 0.2) is 48.5 Å². The van der Waals surface area contributed by atoms with E-state index in [1.807, 2.05) is 29.2 Å². The Morgan fingerprint density at radius 2 is 1.67 bits per heavy atom. The van der Waals surface area contributed by atoms with Crippen molar-refractivity contribution in [3.8, 4) is 0 Å². The first-order chi connectivity index (χ1) is 16.1. The molecule has 2 aromatic rings. The van der Waals surface area contributed by atoms with E-state index in [9.17, 15) is 14.0 Å². The van der Waals surface area contributed by atoms with E-state index >= 15 is 0 Å². The fourth-order valence-electron chi connectivity index (χ4n) is 4.61. The number of hydrogen-bond acceptors (Lipinski definition) is 5. The van der Waals surface area contributed by atoms with Crippen LogP contribution in [-0.2, 0) is 9.59 Å². The Bertz CT molecular complexity index is 993. The van der Waals surface area contributed by atoms with Crippen molar-refractivity contribution in [1.29, 1.82) is 0 Å². The highest BCUT2D eigenvalue weighted by Gasteiger charge is 2.34. The summed E-state index contributed by atoms with van der Waals surface area (Å²) in [5, 5.41) is 2.98. The molecule has 2 unspecified atom stereocenters. The molecule has 0 spiro atoms. The standard InChI is InChI=1S/C25H30FN5O2/c26-19-6-4-17(5-7-19)22-16-23(29-28-22)24(32)27-20-8-10-21(11-9-20)30-12-1-13-31(15-14-30)25(33)18-2-3-18/h4-11,18,22-23,28-29H,1-3,12-16H2,(H,27,32). The summed E-state index contributed by atoms with van der Waals surface area (Å²) in [6.07, 6.45) is 3.64. The predicted octanol–water partition coefficient (Wildman–Crippen LogP) is 2.82. The van der Waals surface area contributed by atoms with Crippen LogP contribution in [-0.4, -0.2) is 48.9 Å². The van der Waals surface area contributed by atoms with Gasteiger partial charge in [0.05, 0.1) is 0 Å². The van der Waals surface area contributed by atoms with Gasteiger partial charge in [0.1, 0.15) is 11.9 Å².